The lowest BCUT2D eigenvalue weighted by Crippen LogP contribution is -2.13. The molecule has 2 N–H and O–H groups in total. The van der Waals surface area contributed by atoms with E-state index in [1.807, 2.05) is 13.0 Å². The van der Waals surface area contributed by atoms with Crippen LogP contribution in [0.1, 0.15) is 13.3 Å². The fourth-order valence-corrected chi connectivity index (χ4v) is 1.59. The number of anilines is 1. The van der Waals surface area contributed by atoms with Crippen molar-refractivity contribution in [3.8, 4) is 11.8 Å². The number of ether oxygens (including phenoxy) is 1. The van der Waals surface area contributed by atoms with E-state index >= 15 is 0 Å². The molecule has 1 aromatic rings. The molecule has 0 bridgehead atoms. The maximum atomic E-state index is 12.9. The van der Waals surface area contributed by atoms with Crippen LogP contribution in [-0.4, -0.2) is 6.10 Å². The minimum atomic E-state index is -0.575. The average molecular weight is 273 g/mol. The van der Waals surface area contributed by atoms with Crippen molar-refractivity contribution < 1.29 is 9.13 Å². The first kappa shape index (κ1) is 11.8. The van der Waals surface area contributed by atoms with Gasteiger partial charge in [0, 0.05) is 6.07 Å². The van der Waals surface area contributed by atoms with E-state index in [1.165, 1.54) is 6.07 Å². The number of rotatable bonds is 3. The fourth-order valence-electron chi connectivity index (χ4n) is 1.05. The average Bonchev–Trinajstić information content (AvgIpc) is 2.17. The van der Waals surface area contributed by atoms with Gasteiger partial charge in [-0.05, 0) is 28.4 Å². The van der Waals surface area contributed by atoms with Crippen LogP contribution in [0.3, 0.4) is 0 Å². The number of nitrogens with zero attached hydrogens (tertiary/aromatic N) is 1. The van der Waals surface area contributed by atoms with Crippen LogP contribution >= 0.6 is 15.9 Å². The van der Waals surface area contributed by atoms with Crippen LogP contribution < -0.4 is 10.5 Å². The summed E-state index contributed by atoms with van der Waals surface area (Å²) in [6, 6.07) is 4.38. The summed E-state index contributed by atoms with van der Waals surface area (Å²) in [7, 11) is 0. The smallest absolute Gasteiger partial charge is 0.184 e. The SMILES string of the molecule is CCC(C#N)Oc1c(N)cc(F)cc1Br. The van der Waals surface area contributed by atoms with E-state index in [1.54, 1.807) is 0 Å². The van der Waals surface area contributed by atoms with Crippen LogP contribution in [0, 0.1) is 17.1 Å². The van der Waals surface area contributed by atoms with Gasteiger partial charge in [-0.3, -0.25) is 0 Å². The van der Waals surface area contributed by atoms with Crippen LogP contribution in [0.15, 0.2) is 16.6 Å². The first-order chi connectivity index (χ1) is 7.08. The number of hydrogen-bond donors (Lipinski definition) is 1. The molecule has 0 aromatic heterocycles. The highest BCUT2D eigenvalue weighted by Gasteiger charge is 2.13. The minimum absolute atomic E-state index is 0.176. The molecule has 0 saturated heterocycles. The summed E-state index contributed by atoms with van der Waals surface area (Å²) in [6.07, 6.45) is -0.0335. The monoisotopic (exact) mass is 272 g/mol. The second-order valence-corrected chi connectivity index (χ2v) is 3.80. The lowest BCUT2D eigenvalue weighted by Gasteiger charge is -2.13. The molecule has 5 heteroatoms. The number of nitrogen functional groups attached to an aromatic ring is 1. The highest BCUT2D eigenvalue weighted by atomic mass is 79.9. The highest BCUT2D eigenvalue weighted by molar-refractivity contribution is 9.10. The lowest BCUT2D eigenvalue weighted by molar-refractivity contribution is 0.251. The van der Waals surface area contributed by atoms with Crippen LogP contribution in [0.25, 0.3) is 0 Å². The van der Waals surface area contributed by atoms with Crippen molar-refractivity contribution in [1.82, 2.24) is 0 Å². The lowest BCUT2D eigenvalue weighted by atomic mass is 10.2. The zero-order chi connectivity index (χ0) is 11.4. The fraction of sp³-hybridized carbons (Fsp3) is 0.300. The predicted octanol–water partition coefficient (Wildman–Crippen LogP) is 2.85. The molecular weight excluding hydrogens is 263 g/mol. The molecule has 0 aliphatic rings. The molecule has 0 amide bonds. The Kier molecular flexibility index (Phi) is 3.92. The van der Waals surface area contributed by atoms with E-state index in [4.69, 9.17) is 15.7 Å². The molecule has 0 radical (unpaired) electrons. The second-order valence-electron chi connectivity index (χ2n) is 2.95. The quantitative estimate of drug-likeness (QED) is 0.861. The molecule has 0 aliphatic carbocycles. The largest absolute Gasteiger partial charge is 0.472 e. The second kappa shape index (κ2) is 4.99. The Morgan fingerprint density at radius 1 is 1.67 bits per heavy atom. The third kappa shape index (κ3) is 2.83. The number of hydrogen-bond acceptors (Lipinski definition) is 3. The summed E-state index contributed by atoms with van der Waals surface area (Å²) in [4.78, 5) is 0. The van der Waals surface area contributed by atoms with Crippen molar-refractivity contribution in [1.29, 1.82) is 5.26 Å². The van der Waals surface area contributed by atoms with E-state index < -0.39 is 11.9 Å². The third-order valence-electron chi connectivity index (χ3n) is 1.81. The Balaban J connectivity index is 3.00. The van der Waals surface area contributed by atoms with Gasteiger partial charge in [-0.2, -0.15) is 5.26 Å². The van der Waals surface area contributed by atoms with E-state index in [0.29, 0.717) is 16.6 Å². The molecule has 0 heterocycles. The minimum Gasteiger partial charge on any atom is -0.472 e. The van der Waals surface area contributed by atoms with Gasteiger partial charge in [0.05, 0.1) is 10.2 Å². The predicted molar refractivity (Wildman–Crippen MR) is 58.8 cm³/mol. The maximum Gasteiger partial charge on any atom is 0.184 e. The zero-order valence-electron chi connectivity index (χ0n) is 8.13. The van der Waals surface area contributed by atoms with Gasteiger partial charge < -0.3 is 10.5 Å². The maximum absolute atomic E-state index is 12.9. The Hall–Kier alpha value is -1.28. The highest BCUT2D eigenvalue weighted by Crippen LogP contribution is 2.33. The van der Waals surface area contributed by atoms with E-state index in [-0.39, 0.29) is 5.69 Å². The zero-order valence-corrected chi connectivity index (χ0v) is 9.71. The van der Waals surface area contributed by atoms with Gasteiger partial charge in [0.15, 0.2) is 11.9 Å². The Morgan fingerprint density at radius 3 is 2.80 bits per heavy atom. The molecule has 0 saturated carbocycles. The molecule has 1 unspecified atom stereocenters. The summed E-state index contributed by atoms with van der Waals surface area (Å²) >= 11 is 3.13. The van der Waals surface area contributed by atoms with Gasteiger partial charge in [-0.15, -0.1) is 0 Å². The summed E-state index contributed by atoms with van der Waals surface area (Å²) in [6.45, 7) is 1.82. The van der Waals surface area contributed by atoms with Gasteiger partial charge in [0.1, 0.15) is 11.9 Å². The summed E-state index contributed by atoms with van der Waals surface area (Å²) in [5, 5.41) is 8.72. The normalized spacial score (nSPS) is 11.9. The van der Waals surface area contributed by atoms with E-state index in [0.717, 1.165) is 6.07 Å². The van der Waals surface area contributed by atoms with Crippen LogP contribution in [0.4, 0.5) is 10.1 Å². The van der Waals surface area contributed by atoms with Crippen molar-refractivity contribution in [2.24, 2.45) is 0 Å². The topological polar surface area (TPSA) is 59.0 Å². The molecule has 0 aliphatic heterocycles. The van der Waals surface area contributed by atoms with Gasteiger partial charge in [-0.1, -0.05) is 6.92 Å². The molecule has 80 valence electrons. The molecule has 1 aromatic carbocycles. The van der Waals surface area contributed by atoms with Crippen molar-refractivity contribution in [3.05, 3.63) is 22.4 Å². The number of benzene rings is 1. The summed E-state index contributed by atoms with van der Waals surface area (Å²) < 4.78 is 18.6. The van der Waals surface area contributed by atoms with Crippen molar-refractivity contribution in [2.45, 2.75) is 19.4 Å². The van der Waals surface area contributed by atoms with Crippen LogP contribution in [-0.2, 0) is 0 Å². The van der Waals surface area contributed by atoms with E-state index in [9.17, 15) is 4.39 Å². The molecule has 0 spiro atoms. The number of nitriles is 1. The summed E-state index contributed by atoms with van der Waals surface area (Å²) in [5.41, 5.74) is 5.75. The van der Waals surface area contributed by atoms with Gasteiger partial charge in [-0.25, -0.2) is 4.39 Å². The Morgan fingerprint density at radius 2 is 2.33 bits per heavy atom. The van der Waals surface area contributed by atoms with Gasteiger partial charge in [0.25, 0.3) is 0 Å². The molecule has 15 heavy (non-hydrogen) atoms. The van der Waals surface area contributed by atoms with Crippen LogP contribution in [0.5, 0.6) is 5.75 Å². The van der Waals surface area contributed by atoms with Crippen LogP contribution in [0.2, 0.25) is 0 Å². The first-order valence-electron chi connectivity index (χ1n) is 4.39. The number of nitrogens with two attached hydrogens (primary N) is 1. The van der Waals surface area contributed by atoms with Gasteiger partial charge in [0.2, 0.25) is 0 Å². The molecule has 1 rings (SSSR count). The first-order valence-corrected chi connectivity index (χ1v) is 5.18. The molecular formula is C10H10BrFN2O. The Bertz CT molecular complexity index is 380. The Labute approximate surface area is 95.8 Å². The van der Waals surface area contributed by atoms with Crippen molar-refractivity contribution in [2.75, 3.05) is 5.73 Å². The number of halogens is 2. The molecule has 1 atom stereocenters. The standard InChI is InChI=1S/C10H10BrFN2O/c1-2-7(5-13)15-10-8(11)3-6(12)4-9(10)14/h3-4,7H,2,14H2,1H3. The molecule has 0 fully saturated rings. The summed E-state index contributed by atoms with van der Waals surface area (Å²) in [5.74, 6) is -0.137. The van der Waals surface area contributed by atoms with E-state index in [2.05, 4.69) is 15.9 Å². The van der Waals surface area contributed by atoms with Crippen molar-refractivity contribution in [3.63, 3.8) is 0 Å². The third-order valence-corrected chi connectivity index (χ3v) is 2.40. The van der Waals surface area contributed by atoms with Gasteiger partial charge >= 0.3 is 0 Å². The molecule has 3 nitrogen and oxygen atoms in total. The van der Waals surface area contributed by atoms with Crippen molar-refractivity contribution >= 4 is 21.6 Å².